The van der Waals surface area contributed by atoms with Crippen LogP contribution in [0, 0.1) is 0 Å². The van der Waals surface area contributed by atoms with Crippen molar-refractivity contribution in [1.29, 1.82) is 0 Å². The van der Waals surface area contributed by atoms with Crippen LogP contribution in [0.5, 0.6) is 0 Å². The molecule has 1 aliphatic rings. The summed E-state index contributed by atoms with van der Waals surface area (Å²) in [7, 11) is 0. The van der Waals surface area contributed by atoms with Crippen LogP contribution in [0.15, 0.2) is 70.3 Å². The molecule has 0 spiro atoms. The molecule has 160 valence electrons. The van der Waals surface area contributed by atoms with E-state index in [1.807, 2.05) is 49.4 Å². The van der Waals surface area contributed by atoms with Crippen LogP contribution in [-0.4, -0.2) is 28.2 Å². The molecule has 0 fully saturated rings. The first kappa shape index (κ1) is 20.9. The molecule has 1 N–H and O–H groups in total. The number of nitrogens with zero attached hydrogens (tertiary/aromatic N) is 1. The van der Waals surface area contributed by atoms with E-state index >= 15 is 0 Å². The SMILES string of the molecule is CCCCN1C(=O)C(O)=C(C(=O)c2cc3ccccc3o2)C1c1ccc(C(C)C)cc1. The zero-order chi connectivity index (χ0) is 22.1. The first-order valence-corrected chi connectivity index (χ1v) is 10.8. The number of carbonyl (C=O) groups is 2. The maximum atomic E-state index is 13.5. The van der Waals surface area contributed by atoms with Gasteiger partial charge >= 0.3 is 0 Å². The van der Waals surface area contributed by atoms with Gasteiger partial charge in [-0.25, -0.2) is 0 Å². The zero-order valence-corrected chi connectivity index (χ0v) is 18.1. The second kappa shape index (κ2) is 8.42. The number of hydrogen-bond acceptors (Lipinski definition) is 4. The minimum atomic E-state index is -0.638. The number of furan rings is 1. The number of unbranched alkanes of at least 4 members (excludes halogenated alkanes) is 1. The summed E-state index contributed by atoms with van der Waals surface area (Å²) in [4.78, 5) is 28.0. The Morgan fingerprint density at radius 1 is 1.13 bits per heavy atom. The monoisotopic (exact) mass is 417 g/mol. The van der Waals surface area contributed by atoms with Gasteiger partial charge in [-0.05, 0) is 35.6 Å². The van der Waals surface area contributed by atoms with Crippen LogP contribution >= 0.6 is 0 Å². The first-order valence-electron chi connectivity index (χ1n) is 10.8. The Morgan fingerprint density at radius 2 is 1.84 bits per heavy atom. The fourth-order valence-corrected chi connectivity index (χ4v) is 4.08. The maximum Gasteiger partial charge on any atom is 0.290 e. The summed E-state index contributed by atoms with van der Waals surface area (Å²) in [5.74, 6) is -0.961. The molecule has 2 aromatic carbocycles. The van der Waals surface area contributed by atoms with Crippen LogP contribution in [0.4, 0.5) is 0 Å². The number of hydrogen-bond donors (Lipinski definition) is 1. The number of amides is 1. The van der Waals surface area contributed by atoms with Crippen molar-refractivity contribution in [3.05, 3.63) is 82.8 Å². The normalized spacial score (nSPS) is 16.7. The van der Waals surface area contributed by atoms with Crippen LogP contribution < -0.4 is 0 Å². The van der Waals surface area contributed by atoms with E-state index in [-0.39, 0.29) is 11.3 Å². The molecule has 1 unspecified atom stereocenters. The number of rotatable bonds is 7. The standard InChI is InChI=1S/C26H27NO4/c1-4-5-14-27-23(18-12-10-17(11-13-18)16(2)3)22(25(29)26(27)30)24(28)21-15-19-8-6-7-9-20(19)31-21/h6-13,15-16,23,29H,4-5,14H2,1-3H3. The van der Waals surface area contributed by atoms with Gasteiger partial charge in [0.05, 0.1) is 11.6 Å². The van der Waals surface area contributed by atoms with Crippen LogP contribution in [-0.2, 0) is 4.79 Å². The fraction of sp³-hybridized carbons (Fsp3) is 0.308. The Hall–Kier alpha value is -3.34. The van der Waals surface area contributed by atoms with Crippen molar-refractivity contribution in [1.82, 2.24) is 4.90 Å². The average molecular weight is 418 g/mol. The molecule has 1 amide bonds. The molecule has 4 rings (SSSR count). The number of benzene rings is 2. The highest BCUT2D eigenvalue weighted by Gasteiger charge is 2.44. The van der Waals surface area contributed by atoms with E-state index in [1.54, 1.807) is 17.0 Å². The minimum Gasteiger partial charge on any atom is -0.503 e. The van der Waals surface area contributed by atoms with Gasteiger partial charge in [-0.2, -0.15) is 0 Å². The van der Waals surface area contributed by atoms with Crippen molar-refractivity contribution in [2.24, 2.45) is 0 Å². The molecule has 0 bridgehead atoms. The summed E-state index contributed by atoms with van der Waals surface area (Å²) in [5.41, 5.74) is 2.65. The van der Waals surface area contributed by atoms with E-state index in [4.69, 9.17) is 4.42 Å². The lowest BCUT2D eigenvalue weighted by molar-refractivity contribution is -0.129. The van der Waals surface area contributed by atoms with Gasteiger partial charge < -0.3 is 14.4 Å². The lowest BCUT2D eigenvalue weighted by Crippen LogP contribution is -2.32. The maximum absolute atomic E-state index is 13.5. The predicted molar refractivity (Wildman–Crippen MR) is 120 cm³/mol. The molecule has 31 heavy (non-hydrogen) atoms. The second-order valence-corrected chi connectivity index (χ2v) is 8.32. The van der Waals surface area contributed by atoms with Crippen molar-refractivity contribution in [2.45, 2.75) is 45.6 Å². The Morgan fingerprint density at radius 3 is 2.48 bits per heavy atom. The van der Waals surface area contributed by atoms with Crippen molar-refractivity contribution in [3.8, 4) is 0 Å². The average Bonchev–Trinajstić information content (AvgIpc) is 3.31. The third-order valence-electron chi connectivity index (χ3n) is 5.87. The van der Waals surface area contributed by atoms with Crippen LogP contribution in [0.1, 0.15) is 67.3 Å². The molecule has 0 radical (unpaired) electrons. The summed E-state index contributed by atoms with van der Waals surface area (Å²) >= 11 is 0. The Labute approximate surface area is 182 Å². The number of fused-ring (bicyclic) bond motifs is 1. The smallest absolute Gasteiger partial charge is 0.290 e. The molecule has 1 aliphatic heterocycles. The van der Waals surface area contributed by atoms with E-state index in [2.05, 4.69) is 13.8 Å². The summed E-state index contributed by atoms with van der Waals surface area (Å²) in [6.07, 6.45) is 1.68. The first-order chi connectivity index (χ1) is 14.9. The van der Waals surface area contributed by atoms with Gasteiger partial charge in [0, 0.05) is 11.9 Å². The Kier molecular flexibility index (Phi) is 5.68. The third-order valence-corrected chi connectivity index (χ3v) is 5.87. The highest BCUT2D eigenvalue weighted by molar-refractivity contribution is 6.16. The van der Waals surface area contributed by atoms with E-state index in [9.17, 15) is 14.7 Å². The van der Waals surface area contributed by atoms with Gasteiger partial charge in [-0.15, -0.1) is 0 Å². The number of Topliss-reactive ketones (excluding diaryl/α,β-unsaturated/α-hetero) is 1. The summed E-state index contributed by atoms with van der Waals surface area (Å²) in [6.45, 7) is 6.74. The van der Waals surface area contributed by atoms with Gasteiger partial charge in [0.25, 0.3) is 5.91 Å². The largest absolute Gasteiger partial charge is 0.503 e. The van der Waals surface area contributed by atoms with Gasteiger partial charge in [0.15, 0.2) is 11.5 Å². The quantitative estimate of drug-likeness (QED) is 0.483. The van der Waals surface area contributed by atoms with Crippen molar-refractivity contribution < 1.29 is 19.1 Å². The van der Waals surface area contributed by atoms with Crippen LogP contribution in [0.2, 0.25) is 0 Å². The molecule has 1 aromatic heterocycles. The minimum absolute atomic E-state index is 0.0810. The highest BCUT2D eigenvalue weighted by Crippen LogP contribution is 2.40. The summed E-state index contributed by atoms with van der Waals surface area (Å²) < 4.78 is 5.75. The zero-order valence-electron chi connectivity index (χ0n) is 18.1. The molecule has 0 saturated heterocycles. The van der Waals surface area contributed by atoms with Gasteiger partial charge in [-0.3, -0.25) is 9.59 Å². The molecule has 0 saturated carbocycles. The number of ketones is 1. The Balaban J connectivity index is 1.78. The molecule has 3 aromatic rings. The number of aliphatic hydroxyl groups is 1. The van der Waals surface area contributed by atoms with E-state index in [1.165, 1.54) is 5.56 Å². The van der Waals surface area contributed by atoms with E-state index in [0.29, 0.717) is 18.0 Å². The second-order valence-electron chi connectivity index (χ2n) is 8.32. The van der Waals surface area contributed by atoms with Crippen LogP contribution in [0.3, 0.4) is 0 Å². The number of para-hydroxylation sites is 1. The Bertz CT molecular complexity index is 1120. The van der Waals surface area contributed by atoms with Crippen molar-refractivity contribution >= 4 is 22.7 Å². The van der Waals surface area contributed by atoms with E-state index < -0.39 is 23.5 Å². The predicted octanol–water partition coefficient (Wildman–Crippen LogP) is 5.93. The van der Waals surface area contributed by atoms with Crippen molar-refractivity contribution in [2.75, 3.05) is 6.54 Å². The molecule has 5 heteroatoms. The molecular formula is C26H27NO4. The summed E-state index contributed by atoms with van der Waals surface area (Å²) in [5, 5.41) is 11.5. The molecule has 1 atom stereocenters. The number of carbonyl (C=O) groups excluding carboxylic acids is 2. The molecular weight excluding hydrogens is 390 g/mol. The topological polar surface area (TPSA) is 70.8 Å². The highest BCUT2D eigenvalue weighted by atomic mass is 16.3. The lowest BCUT2D eigenvalue weighted by Gasteiger charge is -2.27. The van der Waals surface area contributed by atoms with E-state index in [0.717, 1.165) is 23.8 Å². The van der Waals surface area contributed by atoms with Gasteiger partial charge in [0.1, 0.15) is 5.58 Å². The van der Waals surface area contributed by atoms with Crippen molar-refractivity contribution in [3.63, 3.8) is 0 Å². The molecule has 5 nitrogen and oxygen atoms in total. The molecule has 0 aliphatic carbocycles. The summed E-state index contributed by atoms with van der Waals surface area (Å²) in [6, 6.07) is 16.3. The number of aliphatic hydroxyl groups excluding tert-OH is 1. The third kappa shape index (κ3) is 3.76. The van der Waals surface area contributed by atoms with Gasteiger partial charge in [-0.1, -0.05) is 69.7 Å². The van der Waals surface area contributed by atoms with Crippen LogP contribution in [0.25, 0.3) is 11.0 Å². The fourth-order valence-electron chi connectivity index (χ4n) is 4.08. The van der Waals surface area contributed by atoms with Gasteiger partial charge in [0.2, 0.25) is 5.78 Å². The molecule has 2 heterocycles. The lowest BCUT2D eigenvalue weighted by atomic mass is 9.93.